The molecular formula is C15H22N2O. The van der Waals surface area contributed by atoms with Gasteiger partial charge >= 0.3 is 0 Å². The molecule has 1 aromatic rings. The lowest BCUT2D eigenvalue weighted by molar-refractivity contribution is 0.248. The summed E-state index contributed by atoms with van der Waals surface area (Å²) < 4.78 is 0. The number of aliphatic hydroxyl groups is 1. The van der Waals surface area contributed by atoms with Gasteiger partial charge in [-0.15, -0.1) is 0 Å². The lowest BCUT2D eigenvalue weighted by atomic mass is 10.00. The Hall–Kier alpha value is -1.37. The number of hydrogen-bond donors (Lipinski definition) is 2. The molecule has 0 heterocycles. The van der Waals surface area contributed by atoms with Crippen molar-refractivity contribution < 1.29 is 5.11 Å². The summed E-state index contributed by atoms with van der Waals surface area (Å²) in [6, 6.07) is 9.80. The highest BCUT2D eigenvalue weighted by Gasteiger charge is 2.06. The van der Waals surface area contributed by atoms with Crippen LogP contribution in [-0.4, -0.2) is 18.3 Å². The molecule has 0 bridgehead atoms. The van der Waals surface area contributed by atoms with Gasteiger partial charge < -0.3 is 10.4 Å². The number of hydrogen-bond acceptors (Lipinski definition) is 3. The average Bonchev–Trinajstić information content (AvgIpc) is 2.39. The molecule has 18 heavy (non-hydrogen) atoms. The molecule has 0 radical (unpaired) electrons. The summed E-state index contributed by atoms with van der Waals surface area (Å²) in [5.74, 6) is 0.541. The first kappa shape index (κ1) is 14.7. The summed E-state index contributed by atoms with van der Waals surface area (Å²) in [4.78, 5) is 0. The second-order valence-electron chi connectivity index (χ2n) is 4.61. The Labute approximate surface area is 109 Å². The van der Waals surface area contributed by atoms with E-state index in [0.29, 0.717) is 11.5 Å². The second-order valence-corrected chi connectivity index (χ2v) is 4.61. The highest BCUT2D eigenvalue weighted by atomic mass is 16.3. The van der Waals surface area contributed by atoms with Crippen molar-refractivity contribution in [2.24, 2.45) is 5.92 Å². The van der Waals surface area contributed by atoms with E-state index < -0.39 is 0 Å². The Morgan fingerprint density at radius 1 is 1.39 bits per heavy atom. The molecule has 0 saturated carbocycles. The monoisotopic (exact) mass is 246 g/mol. The largest absolute Gasteiger partial charge is 0.396 e. The molecule has 1 rings (SSSR count). The zero-order valence-electron chi connectivity index (χ0n) is 11.0. The van der Waals surface area contributed by atoms with Gasteiger partial charge in [0.05, 0.1) is 11.6 Å². The molecule has 3 heteroatoms. The van der Waals surface area contributed by atoms with Crippen LogP contribution in [0.15, 0.2) is 24.3 Å². The zero-order chi connectivity index (χ0) is 13.2. The van der Waals surface area contributed by atoms with Crippen molar-refractivity contribution in [3.05, 3.63) is 35.4 Å². The Kier molecular flexibility index (Phi) is 7.09. The normalized spacial score (nSPS) is 12.1. The minimum Gasteiger partial charge on any atom is -0.396 e. The molecule has 3 nitrogen and oxygen atoms in total. The summed E-state index contributed by atoms with van der Waals surface area (Å²) in [6.45, 7) is 4.13. The quantitative estimate of drug-likeness (QED) is 0.740. The van der Waals surface area contributed by atoms with Gasteiger partial charge in [-0.3, -0.25) is 0 Å². The fourth-order valence-electron chi connectivity index (χ4n) is 2.11. The van der Waals surface area contributed by atoms with E-state index >= 15 is 0 Å². The van der Waals surface area contributed by atoms with Crippen molar-refractivity contribution in [3.8, 4) is 6.07 Å². The summed E-state index contributed by atoms with van der Waals surface area (Å²) in [5, 5.41) is 21.2. The van der Waals surface area contributed by atoms with Crippen LogP contribution >= 0.6 is 0 Å². The third-order valence-corrected chi connectivity index (χ3v) is 3.05. The van der Waals surface area contributed by atoms with Crippen LogP contribution in [0.25, 0.3) is 0 Å². The van der Waals surface area contributed by atoms with Crippen molar-refractivity contribution in [2.75, 3.05) is 13.2 Å². The average molecular weight is 246 g/mol. The van der Waals surface area contributed by atoms with Crippen LogP contribution in [-0.2, 0) is 6.54 Å². The van der Waals surface area contributed by atoms with Crippen molar-refractivity contribution in [2.45, 2.75) is 32.7 Å². The maximum Gasteiger partial charge on any atom is 0.0991 e. The molecule has 0 spiro atoms. The summed E-state index contributed by atoms with van der Waals surface area (Å²) in [6.07, 6.45) is 3.15. The standard InChI is InChI=1S/C15H22N2O/c1-2-4-13(7-8-18)11-17-12-15-6-3-5-14(9-15)10-16/h3,5-6,9,13,17-18H,2,4,7-8,11-12H2,1H3. The molecule has 0 saturated heterocycles. The molecule has 1 atom stereocenters. The highest BCUT2D eigenvalue weighted by Crippen LogP contribution is 2.10. The zero-order valence-corrected chi connectivity index (χ0v) is 11.0. The van der Waals surface area contributed by atoms with Crippen LogP contribution in [0.4, 0.5) is 0 Å². The van der Waals surface area contributed by atoms with Gasteiger partial charge in [0.25, 0.3) is 0 Å². The highest BCUT2D eigenvalue weighted by molar-refractivity contribution is 5.32. The number of aliphatic hydroxyl groups excluding tert-OH is 1. The molecular weight excluding hydrogens is 224 g/mol. The minimum atomic E-state index is 0.260. The minimum absolute atomic E-state index is 0.260. The van der Waals surface area contributed by atoms with E-state index in [1.165, 1.54) is 0 Å². The van der Waals surface area contributed by atoms with Crippen LogP contribution in [0.5, 0.6) is 0 Å². The third kappa shape index (κ3) is 5.31. The van der Waals surface area contributed by atoms with Gasteiger partial charge in [0.2, 0.25) is 0 Å². The summed E-state index contributed by atoms with van der Waals surface area (Å²) >= 11 is 0. The topological polar surface area (TPSA) is 56.0 Å². The molecule has 0 amide bonds. The number of nitriles is 1. The Bertz CT molecular complexity index is 378. The van der Waals surface area contributed by atoms with Crippen molar-refractivity contribution in [1.29, 1.82) is 5.26 Å². The van der Waals surface area contributed by atoms with E-state index in [4.69, 9.17) is 10.4 Å². The van der Waals surface area contributed by atoms with Gasteiger partial charge in [-0.05, 0) is 43.0 Å². The fourth-order valence-corrected chi connectivity index (χ4v) is 2.11. The number of benzene rings is 1. The second kappa shape index (κ2) is 8.68. The molecule has 0 aromatic heterocycles. The van der Waals surface area contributed by atoms with Crippen LogP contribution in [0.3, 0.4) is 0 Å². The third-order valence-electron chi connectivity index (χ3n) is 3.05. The van der Waals surface area contributed by atoms with E-state index in [-0.39, 0.29) is 6.61 Å². The van der Waals surface area contributed by atoms with E-state index in [9.17, 15) is 0 Å². The predicted molar refractivity (Wildman–Crippen MR) is 73.0 cm³/mol. The Morgan fingerprint density at radius 3 is 2.89 bits per heavy atom. The van der Waals surface area contributed by atoms with Crippen LogP contribution in [0.2, 0.25) is 0 Å². The molecule has 0 fully saturated rings. The summed E-state index contributed by atoms with van der Waals surface area (Å²) in [7, 11) is 0. The van der Waals surface area contributed by atoms with Crippen molar-refractivity contribution in [1.82, 2.24) is 5.32 Å². The van der Waals surface area contributed by atoms with Gasteiger partial charge in [-0.2, -0.15) is 5.26 Å². The predicted octanol–water partition coefficient (Wildman–Crippen LogP) is 2.45. The van der Waals surface area contributed by atoms with E-state index in [2.05, 4.69) is 18.3 Å². The number of nitrogens with one attached hydrogen (secondary N) is 1. The Morgan fingerprint density at radius 2 is 2.22 bits per heavy atom. The SMILES string of the molecule is CCCC(CCO)CNCc1cccc(C#N)c1. The van der Waals surface area contributed by atoms with Gasteiger partial charge in [0.1, 0.15) is 0 Å². The number of nitrogens with zero attached hydrogens (tertiary/aromatic N) is 1. The first-order valence-electron chi connectivity index (χ1n) is 6.60. The molecule has 1 aromatic carbocycles. The Balaban J connectivity index is 2.37. The van der Waals surface area contributed by atoms with E-state index in [1.807, 2.05) is 24.3 Å². The van der Waals surface area contributed by atoms with Crippen LogP contribution in [0, 0.1) is 17.2 Å². The summed E-state index contributed by atoms with van der Waals surface area (Å²) in [5.41, 5.74) is 1.84. The van der Waals surface area contributed by atoms with E-state index in [1.54, 1.807) is 0 Å². The van der Waals surface area contributed by atoms with Gasteiger partial charge in [0.15, 0.2) is 0 Å². The maximum absolute atomic E-state index is 8.98. The maximum atomic E-state index is 8.98. The van der Waals surface area contributed by atoms with Gasteiger partial charge in [-0.1, -0.05) is 25.5 Å². The smallest absolute Gasteiger partial charge is 0.0991 e. The first-order chi connectivity index (χ1) is 8.80. The first-order valence-corrected chi connectivity index (χ1v) is 6.60. The molecule has 98 valence electrons. The fraction of sp³-hybridized carbons (Fsp3) is 0.533. The lowest BCUT2D eigenvalue weighted by Crippen LogP contribution is -2.23. The van der Waals surface area contributed by atoms with Gasteiger partial charge in [0, 0.05) is 13.2 Å². The van der Waals surface area contributed by atoms with Crippen molar-refractivity contribution >= 4 is 0 Å². The van der Waals surface area contributed by atoms with Crippen molar-refractivity contribution in [3.63, 3.8) is 0 Å². The van der Waals surface area contributed by atoms with E-state index in [0.717, 1.165) is 37.9 Å². The molecule has 0 aliphatic rings. The molecule has 0 aliphatic carbocycles. The van der Waals surface area contributed by atoms with Gasteiger partial charge in [-0.25, -0.2) is 0 Å². The molecule has 1 unspecified atom stereocenters. The lowest BCUT2D eigenvalue weighted by Gasteiger charge is -2.15. The number of rotatable bonds is 8. The molecule has 2 N–H and O–H groups in total. The van der Waals surface area contributed by atoms with Crippen LogP contribution in [0.1, 0.15) is 37.3 Å². The molecule has 0 aliphatic heterocycles. The van der Waals surface area contributed by atoms with Crippen LogP contribution < -0.4 is 5.32 Å².